The van der Waals surface area contributed by atoms with E-state index in [0.29, 0.717) is 19.6 Å². The van der Waals surface area contributed by atoms with Crippen LogP contribution in [0.5, 0.6) is 0 Å². The maximum absolute atomic E-state index is 8.24. The molecule has 0 aliphatic carbocycles. The summed E-state index contributed by atoms with van der Waals surface area (Å²) in [6, 6.07) is 8.03. The van der Waals surface area contributed by atoms with Gasteiger partial charge in [-0.15, -0.1) is 17.2 Å². The Kier molecular flexibility index (Phi) is 11.4. The number of aromatic nitrogens is 3. The number of nitrogens with zero attached hydrogens (tertiary/aromatic N) is 3. The fraction of sp³-hybridized carbons (Fsp3) is 0.167. The van der Waals surface area contributed by atoms with Crippen molar-refractivity contribution in [2.24, 2.45) is 5.73 Å². The Balaban J connectivity index is 0. The molecule has 112 valence electrons. The average Bonchev–Trinajstić information content (AvgIpc) is 2.81. The quantitative estimate of drug-likeness (QED) is 0.679. The zero-order chi connectivity index (χ0) is 13.4. The van der Waals surface area contributed by atoms with Gasteiger partial charge in [-0.3, -0.25) is 0 Å². The van der Waals surface area contributed by atoms with E-state index in [2.05, 4.69) is 17.2 Å². The molecular formula is C12H16N5O2Os-3. The van der Waals surface area contributed by atoms with E-state index in [4.69, 9.17) is 15.6 Å². The van der Waals surface area contributed by atoms with Crippen LogP contribution in [-0.4, -0.2) is 26.6 Å². The van der Waals surface area contributed by atoms with Crippen molar-refractivity contribution in [1.29, 1.82) is 0 Å². The van der Waals surface area contributed by atoms with Crippen LogP contribution >= 0.6 is 0 Å². The van der Waals surface area contributed by atoms with Gasteiger partial charge in [0.25, 0.3) is 0 Å². The molecule has 0 fully saturated rings. The monoisotopic (exact) mass is 454 g/mol. The van der Waals surface area contributed by atoms with E-state index < -0.39 is 0 Å². The third-order valence-corrected chi connectivity index (χ3v) is 2.16. The summed E-state index contributed by atoms with van der Waals surface area (Å²) in [5, 5.41) is 14.7. The Hall–Kier alpha value is -1.74. The van der Waals surface area contributed by atoms with Gasteiger partial charge in [0, 0.05) is 26.3 Å². The summed E-state index contributed by atoms with van der Waals surface area (Å²) >= 11 is 0. The van der Waals surface area contributed by atoms with Crippen LogP contribution in [0.15, 0.2) is 30.5 Å². The topological polar surface area (TPSA) is 128 Å². The van der Waals surface area contributed by atoms with Crippen LogP contribution in [0.3, 0.4) is 0 Å². The molecule has 0 saturated heterocycles. The molecule has 0 radical (unpaired) electrons. The van der Waals surface area contributed by atoms with Crippen molar-refractivity contribution in [3.63, 3.8) is 0 Å². The zero-order valence-corrected chi connectivity index (χ0v) is 13.3. The van der Waals surface area contributed by atoms with Crippen molar-refractivity contribution < 1.29 is 29.7 Å². The molecule has 8 heteroatoms. The number of hydrogen-bond donors (Lipinski definition) is 2. The molecule has 0 saturated carbocycles. The smallest absolute Gasteiger partial charge is 0.0962 e. The van der Waals surface area contributed by atoms with Gasteiger partial charge in [0.05, 0.1) is 18.4 Å². The van der Waals surface area contributed by atoms with Crippen LogP contribution in [-0.2, 0) is 37.7 Å². The molecule has 1 aromatic heterocycles. The number of benzene rings is 1. The van der Waals surface area contributed by atoms with Crippen LogP contribution in [0.1, 0.15) is 16.8 Å². The first kappa shape index (κ1) is 20.6. The van der Waals surface area contributed by atoms with E-state index in [1.807, 2.05) is 30.5 Å². The summed E-state index contributed by atoms with van der Waals surface area (Å²) in [5.41, 5.74) is 8.45. The Labute approximate surface area is 130 Å². The summed E-state index contributed by atoms with van der Waals surface area (Å²) in [4.78, 5) is 8.24. The minimum atomic E-state index is 0. The summed E-state index contributed by atoms with van der Waals surface area (Å²) in [7, 11) is 0. The van der Waals surface area contributed by atoms with Crippen LogP contribution in [0.2, 0.25) is 0 Å². The molecule has 2 aromatic rings. The van der Waals surface area contributed by atoms with Gasteiger partial charge in [-0.1, -0.05) is 17.2 Å². The van der Waals surface area contributed by atoms with E-state index in [-0.39, 0.29) is 25.9 Å². The molecular weight excluding hydrogens is 436 g/mol. The first-order valence-electron chi connectivity index (χ1n) is 5.20. The van der Waals surface area contributed by atoms with E-state index >= 15 is 0 Å². The first-order chi connectivity index (χ1) is 8.69. The van der Waals surface area contributed by atoms with Crippen molar-refractivity contribution in [1.82, 2.24) is 15.0 Å². The maximum atomic E-state index is 8.24. The number of rotatable bonds is 3. The predicted octanol–water partition coefficient (Wildman–Crippen LogP) is 1.29. The molecule has 5 N–H and O–H groups in total. The van der Waals surface area contributed by atoms with E-state index in [1.54, 1.807) is 4.68 Å². The van der Waals surface area contributed by atoms with Gasteiger partial charge >= 0.3 is 0 Å². The van der Waals surface area contributed by atoms with Crippen LogP contribution < -0.4 is 5.73 Å². The summed E-state index contributed by atoms with van der Waals surface area (Å²) in [5.74, 6) is 0. The summed E-state index contributed by atoms with van der Waals surface area (Å²) in [6.07, 6.45) is 1.86. The molecule has 0 atom stereocenters. The van der Waals surface area contributed by atoms with Gasteiger partial charge < -0.3 is 21.8 Å². The Morgan fingerprint density at radius 3 is 2.35 bits per heavy atom. The molecule has 1 heterocycles. The Bertz CT molecular complexity index is 487. The third kappa shape index (κ3) is 7.00. The SMILES string of the molecule is O=[C-]O.[CH2-]c1ccc(Cn2cc(CN)nn2)cc1.[NH2-].[Os]. The molecule has 0 bridgehead atoms. The van der Waals surface area contributed by atoms with Crippen LogP contribution in [0.4, 0.5) is 0 Å². The zero-order valence-electron chi connectivity index (χ0n) is 10.7. The molecule has 7 nitrogen and oxygen atoms in total. The van der Waals surface area contributed by atoms with Gasteiger partial charge in [-0.2, -0.15) is 24.6 Å². The van der Waals surface area contributed by atoms with Gasteiger partial charge in [0.2, 0.25) is 0 Å². The van der Waals surface area contributed by atoms with Gasteiger partial charge in [0.1, 0.15) is 0 Å². The molecule has 0 unspecified atom stereocenters. The molecule has 0 spiro atoms. The Morgan fingerprint density at radius 1 is 1.35 bits per heavy atom. The van der Waals surface area contributed by atoms with Gasteiger partial charge in [-0.25, -0.2) is 4.68 Å². The minimum Gasteiger partial charge on any atom is -0.693 e. The van der Waals surface area contributed by atoms with E-state index in [0.717, 1.165) is 11.3 Å². The molecule has 0 aliphatic heterocycles. The standard InChI is InChI=1S/C11H13N4.CHO2.H2N.Os/c1-9-2-4-10(5-3-9)7-15-8-11(6-12)13-14-15;2-1-3;;/h2-5,8H,1,6-7,12H2;(H,2,3);1H2;/q3*-1;. The second-order valence-electron chi connectivity index (χ2n) is 3.52. The second-order valence-corrected chi connectivity index (χ2v) is 3.52. The number of hydrogen-bond acceptors (Lipinski definition) is 4. The van der Waals surface area contributed by atoms with Crippen molar-refractivity contribution in [2.75, 3.05) is 0 Å². The van der Waals surface area contributed by atoms with E-state index in [9.17, 15) is 0 Å². The largest absolute Gasteiger partial charge is 0.693 e. The minimum absolute atomic E-state index is 0. The predicted molar refractivity (Wildman–Crippen MR) is 71.5 cm³/mol. The van der Waals surface area contributed by atoms with Crippen molar-refractivity contribution in [3.8, 4) is 0 Å². The average molecular weight is 453 g/mol. The third-order valence-electron chi connectivity index (χ3n) is 2.16. The van der Waals surface area contributed by atoms with Gasteiger partial charge in [-0.05, 0) is 0 Å². The van der Waals surface area contributed by atoms with Crippen LogP contribution in [0.25, 0.3) is 6.15 Å². The summed E-state index contributed by atoms with van der Waals surface area (Å²) in [6.45, 7) is 5.48. The summed E-state index contributed by atoms with van der Waals surface area (Å²) < 4.78 is 1.78. The normalized spacial score (nSPS) is 8.45. The van der Waals surface area contributed by atoms with Crippen molar-refractivity contribution >= 4 is 6.47 Å². The molecule has 20 heavy (non-hydrogen) atoms. The Morgan fingerprint density at radius 2 is 1.90 bits per heavy atom. The maximum Gasteiger partial charge on any atom is 0.0962 e. The van der Waals surface area contributed by atoms with Gasteiger partial charge in [0.15, 0.2) is 0 Å². The number of aliphatic hydroxyl groups excluding tert-OH is 1. The first-order valence-corrected chi connectivity index (χ1v) is 5.20. The fourth-order valence-corrected chi connectivity index (χ4v) is 1.34. The number of nitrogens with two attached hydrogens (primary N) is 2. The molecule has 0 amide bonds. The van der Waals surface area contributed by atoms with Crippen molar-refractivity contribution in [2.45, 2.75) is 13.1 Å². The van der Waals surface area contributed by atoms with Crippen LogP contribution in [0, 0.1) is 6.92 Å². The fourth-order valence-electron chi connectivity index (χ4n) is 1.34. The molecule has 2 rings (SSSR count). The van der Waals surface area contributed by atoms with E-state index in [1.165, 1.54) is 5.56 Å². The second kappa shape index (κ2) is 11.1. The van der Waals surface area contributed by atoms with Crippen molar-refractivity contribution in [3.05, 3.63) is 60.4 Å². The molecule has 0 aliphatic rings. The molecule has 1 aromatic carbocycles.